The summed E-state index contributed by atoms with van der Waals surface area (Å²) < 4.78 is 5.09. The second-order valence-electron chi connectivity index (χ2n) is 2.46. The van der Waals surface area contributed by atoms with Crippen LogP contribution in [0, 0.1) is 6.92 Å². The predicted octanol–water partition coefficient (Wildman–Crippen LogP) is 0.762. The second-order valence-corrected chi connectivity index (χ2v) is 2.46. The zero-order chi connectivity index (χ0) is 9.52. The highest BCUT2D eigenvalue weighted by molar-refractivity contribution is 5.57. The molecule has 0 saturated heterocycles. The summed E-state index contributed by atoms with van der Waals surface area (Å²) in [5.41, 5.74) is 1.64. The molecule has 1 N–H and O–H groups in total. The minimum absolute atomic E-state index is 0.270. The van der Waals surface area contributed by atoms with E-state index in [2.05, 4.69) is 15.1 Å². The van der Waals surface area contributed by atoms with Crippen LogP contribution in [0.2, 0.25) is 0 Å². The van der Waals surface area contributed by atoms with Crippen LogP contribution in [0.15, 0.2) is 17.5 Å². The van der Waals surface area contributed by atoms with Crippen molar-refractivity contribution in [2.24, 2.45) is 5.16 Å². The lowest BCUT2D eigenvalue weighted by Crippen LogP contribution is -1.99. The van der Waals surface area contributed by atoms with E-state index in [0.717, 1.165) is 11.4 Å². The highest BCUT2D eigenvalue weighted by Gasteiger charge is 1.93. The third kappa shape index (κ3) is 3.62. The quantitative estimate of drug-likeness (QED) is 0.322. The van der Waals surface area contributed by atoms with E-state index in [1.807, 2.05) is 6.92 Å². The minimum atomic E-state index is 0.270. The van der Waals surface area contributed by atoms with Crippen molar-refractivity contribution in [1.29, 1.82) is 0 Å². The molecule has 0 atom stereocenters. The smallest absolute Gasteiger partial charge is 0.0908 e. The monoisotopic (exact) mass is 181 g/mol. The van der Waals surface area contributed by atoms with Gasteiger partial charge in [-0.3, -0.25) is 9.97 Å². The molecule has 1 rings (SSSR count). The molecule has 5 heteroatoms. The van der Waals surface area contributed by atoms with E-state index >= 15 is 0 Å². The van der Waals surface area contributed by atoms with Crippen molar-refractivity contribution < 1.29 is 9.94 Å². The molecule has 70 valence electrons. The number of ether oxygens (including phenoxy) is 1. The summed E-state index contributed by atoms with van der Waals surface area (Å²) in [4.78, 5) is 8.13. The molecule has 1 aromatic heterocycles. The molecule has 1 aromatic rings. The molecule has 1 heterocycles. The maximum atomic E-state index is 8.06. The Kier molecular flexibility index (Phi) is 3.84. The number of rotatable bonds is 4. The normalized spacial score (nSPS) is 10.8. The Balaban J connectivity index is 2.33. The van der Waals surface area contributed by atoms with Gasteiger partial charge < -0.3 is 9.94 Å². The average Bonchev–Trinajstić information content (AvgIpc) is 2.15. The van der Waals surface area contributed by atoms with Crippen molar-refractivity contribution in [3.8, 4) is 0 Å². The van der Waals surface area contributed by atoms with Gasteiger partial charge in [0, 0.05) is 6.20 Å². The summed E-state index contributed by atoms with van der Waals surface area (Å²) in [5, 5.41) is 10.9. The zero-order valence-corrected chi connectivity index (χ0v) is 7.34. The summed E-state index contributed by atoms with van der Waals surface area (Å²) in [7, 11) is 0. The fourth-order valence-electron chi connectivity index (χ4n) is 0.743. The lowest BCUT2D eigenvalue weighted by molar-refractivity contribution is 0.154. The van der Waals surface area contributed by atoms with Gasteiger partial charge in [0.2, 0.25) is 0 Å². The van der Waals surface area contributed by atoms with Crippen molar-refractivity contribution in [2.45, 2.75) is 13.5 Å². The summed E-state index contributed by atoms with van der Waals surface area (Å²) in [5.74, 6) is 0. The SMILES string of the molecule is Cc1cnc(COCC=NO)cn1. The van der Waals surface area contributed by atoms with Crippen molar-refractivity contribution in [3.05, 3.63) is 23.8 Å². The van der Waals surface area contributed by atoms with E-state index in [1.165, 1.54) is 6.21 Å². The van der Waals surface area contributed by atoms with Crippen LogP contribution in [0.5, 0.6) is 0 Å². The van der Waals surface area contributed by atoms with Crippen LogP contribution in [0.3, 0.4) is 0 Å². The van der Waals surface area contributed by atoms with Crippen LogP contribution in [-0.4, -0.2) is 28.0 Å². The van der Waals surface area contributed by atoms with E-state index in [4.69, 9.17) is 9.94 Å². The highest BCUT2D eigenvalue weighted by Crippen LogP contribution is 1.95. The first-order valence-corrected chi connectivity index (χ1v) is 3.84. The first kappa shape index (κ1) is 9.60. The molecule has 0 unspecified atom stereocenters. The molecular formula is C8H11N3O2. The standard InChI is InChI=1S/C8H11N3O2/c1-7-4-10-8(5-9-7)6-13-3-2-11-12/h2,4-5,12H,3,6H2,1H3. The summed E-state index contributed by atoms with van der Waals surface area (Å²) in [6.45, 7) is 2.52. The Morgan fingerprint density at radius 3 is 3.00 bits per heavy atom. The van der Waals surface area contributed by atoms with E-state index < -0.39 is 0 Å². The van der Waals surface area contributed by atoms with Gasteiger partial charge in [-0.2, -0.15) is 0 Å². The molecule has 0 bridgehead atoms. The molecule has 0 saturated carbocycles. The predicted molar refractivity (Wildman–Crippen MR) is 46.7 cm³/mol. The molecule has 0 radical (unpaired) electrons. The fraction of sp³-hybridized carbons (Fsp3) is 0.375. The molecular weight excluding hydrogens is 170 g/mol. The molecule has 0 aliphatic heterocycles. The van der Waals surface area contributed by atoms with Gasteiger partial charge in [0.15, 0.2) is 0 Å². The second kappa shape index (κ2) is 5.21. The van der Waals surface area contributed by atoms with Gasteiger partial charge >= 0.3 is 0 Å². The number of hydrogen-bond donors (Lipinski definition) is 1. The van der Waals surface area contributed by atoms with Gasteiger partial charge in [-0.25, -0.2) is 0 Å². The van der Waals surface area contributed by atoms with Crippen LogP contribution in [0.4, 0.5) is 0 Å². The van der Waals surface area contributed by atoms with Gasteiger partial charge in [0.25, 0.3) is 0 Å². The first-order valence-electron chi connectivity index (χ1n) is 3.84. The van der Waals surface area contributed by atoms with E-state index in [9.17, 15) is 0 Å². The summed E-state index contributed by atoms with van der Waals surface area (Å²) in [6.07, 6.45) is 4.60. The number of hydrogen-bond acceptors (Lipinski definition) is 5. The largest absolute Gasteiger partial charge is 0.411 e. The van der Waals surface area contributed by atoms with E-state index in [0.29, 0.717) is 6.61 Å². The van der Waals surface area contributed by atoms with Crippen LogP contribution in [-0.2, 0) is 11.3 Å². The van der Waals surface area contributed by atoms with Crippen LogP contribution in [0.25, 0.3) is 0 Å². The zero-order valence-electron chi connectivity index (χ0n) is 7.34. The van der Waals surface area contributed by atoms with Crippen LogP contribution >= 0.6 is 0 Å². The number of aryl methyl sites for hydroxylation is 1. The molecule has 0 spiro atoms. The summed E-state index contributed by atoms with van der Waals surface area (Å²) in [6, 6.07) is 0. The minimum Gasteiger partial charge on any atom is -0.411 e. The van der Waals surface area contributed by atoms with E-state index in [1.54, 1.807) is 12.4 Å². The molecule has 0 amide bonds. The van der Waals surface area contributed by atoms with Gasteiger partial charge in [-0.15, -0.1) is 0 Å². The third-order valence-corrected chi connectivity index (χ3v) is 1.36. The Labute approximate surface area is 76.1 Å². The third-order valence-electron chi connectivity index (χ3n) is 1.36. The average molecular weight is 181 g/mol. The number of nitrogens with zero attached hydrogens (tertiary/aromatic N) is 3. The number of aromatic nitrogens is 2. The van der Waals surface area contributed by atoms with Gasteiger partial charge in [-0.05, 0) is 6.92 Å². The summed E-state index contributed by atoms with van der Waals surface area (Å²) >= 11 is 0. The maximum Gasteiger partial charge on any atom is 0.0908 e. The molecule has 0 aliphatic rings. The van der Waals surface area contributed by atoms with Crippen molar-refractivity contribution >= 4 is 6.21 Å². The lowest BCUT2D eigenvalue weighted by Gasteiger charge is -1.99. The Morgan fingerprint density at radius 2 is 2.38 bits per heavy atom. The Hall–Kier alpha value is -1.49. The Morgan fingerprint density at radius 1 is 1.54 bits per heavy atom. The maximum absolute atomic E-state index is 8.06. The van der Waals surface area contributed by atoms with Gasteiger partial charge in [0.1, 0.15) is 0 Å². The number of oxime groups is 1. The molecule has 0 aromatic carbocycles. The van der Waals surface area contributed by atoms with E-state index in [-0.39, 0.29) is 6.61 Å². The van der Waals surface area contributed by atoms with Gasteiger partial charge in [-0.1, -0.05) is 5.16 Å². The molecule has 5 nitrogen and oxygen atoms in total. The lowest BCUT2D eigenvalue weighted by atomic mass is 10.4. The van der Waals surface area contributed by atoms with Crippen molar-refractivity contribution in [2.75, 3.05) is 6.61 Å². The molecule has 13 heavy (non-hydrogen) atoms. The van der Waals surface area contributed by atoms with Crippen molar-refractivity contribution in [3.63, 3.8) is 0 Å². The van der Waals surface area contributed by atoms with Gasteiger partial charge in [0.05, 0.1) is 37.0 Å². The molecule has 0 fully saturated rings. The fourth-order valence-corrected chi connectivity index (χ4v) is 0.743. The molecule has 0 aliphatic carbocycles. The first-order chi connectivity index (χ1) is 6.33. The van der Waals surface area contributed by atoms with Crippen molar-refractivity contribution in [1.82, 2.24) is 9.97 Å². The highest BCUT2D eigenvalue weighted by atomic mass is 16.5. The van der Waals surface area contributed by atoms with Crippen LogP contribution in [0.1, 0.15) is 11.4 Å². The van der Waals surface area contributed by atoms with Crippen LogP contribution < -0.4 is 0 Å². The Bertz CT molecular complexity index is 271. The topological polar surface area (TPSA) is 67.6 Å².